The van der Waals surface area contributed by atoms with Gasteiger partial charge in [-0.05, 0) is 13.3 Å². The summed E-state index contributed by atoms with van der Waals surface area (Å²) >= 11 is 0. The minimum atomic E-state index is -0.433. The van der Waals surface area contributed by atoms with Gasteiger partial charge in [-0.25, -0.2) is 0 Å². The zero-order valence-electron chi connectivity index (χ0n) is 12.0. The second kappa shape index (κ2) is 11.1. The molecule has 0 radical (unpaired) electrons. The summed E-state index contributed by atoms with van der Waals surface area (Å²) in [6, 6.07) is 0. The molecule has 0 aromatic carbocycles. The third-order valence-electron chi connectivity index (χ3n) is 2.87. The Labute approximate surface area is 111 Å². The number of nitrogens with zero attached hydrogens (tertiary/aromatic N) is 1. The van der Waals surface area contributed by atoms with E-state index in [1.807, 2.05) is 0 Å². The highest BCUT2D eigenvalue weighted by Crippen LogP contribution is 2.06. The molecule has 106 valence electrons. The molecule has 4 nitrogen and oxygen atoms in total. The molecule has 0 atom stereocenters. The second-order valence-corrected chi connectivity index (χ2v) is 4.56. The lowest BCUT2D eigenvalue weighted by Gasteiger charge is -2.16. The van der Waals surface area contributed by atoms with Crippen LogP contribution in [0, 0.1) is 0 Å². The highest BCUT2D eigenvalue weighted by molar-refractivity contribution is 5.94. The van der Waals surface area contributed by atoms with Crippen molar-refractivity contribution in [2.45, 2.75) is 58.8 Å². The Morgan fingerprint density at radius 2 is 1.61 bits per heavy atom. The maximum absolute atomic E-state index is 11.6. The molecule has 0 aromatic heterocycles. The molecule has 0 spiro atoms. The molecule has 0 saturated carbocycles. The topological polar surface area (TPSA) is 46.6 Å². The van der Waals surface area contributed by atoms with Crippen molar-refractivity contribution in [1.82, 2.24) is 4.90 Å². The van der Waals surface area contributed by atoms with Crippen LogP contribution in [-0.4, -0.2) is 37.0 Å². The van der Waals surface area contributed by atoms with Gasteiger partial charge in [-0.15, -0.1) is 0 Å². The Morgan fingerprint density at radius 3 is 2.22 bits per heavy atom. The highest BCUT2D eigenvalue weighted by Gasteiger charge is 2.13. The lowest BCUT2D eigenvalue weighted by atomic mass is 10.1. The molecule has 4 heteroatoms. The molecular weight excluding hydrogens is 230 g/mol. The van der Waals surface area contributed by atoms with E-state index in [1.54, 1.807) is 18.9 Å². The monoisotopic (exact) mass is 257 g/mol. The van der Waals surface area contributed by atoms with Crippen molar-refractivity contribution in [2.75, 3.05) is 20.2 Å². The van der Waals surface area contributed by atoms with E-state index < -0.39 is 5.97 Å². The van der Waals surface area contributed by atoms with E-state index in [4.69, 9.17) is 4.74 Å². The first-order chi connectivity index (χ1) is 8.61. The summed E-state index contributed by atoms with van der Waals surface area (Å²) < 4.78 is 4.75. The quantitative estimate of drug-likeness (QED) is 0.343. The number of carbonyl (C=O) groups excluding carboxylic acids is 2. The lowest BCUT2D eigenvalue weighted by molar-refractivity contribution is -0.148. The molecule has 0 bridgehead atoms. The van der Waals surface area contributed by atoms with Gasteiger partial charge < -0.3 is 9.64 Å². The molecule has 0 rings (SSSR count). The van der Waals surface area contributed by atoms with Crippen LogP contribution in [-0.2, 0) is 14.3 Å². The lowest BCUT2D eigenvalue weighted by Crippen LogP contribution is -2.30. The first-order valence-electron chi connectivity index (χ1n) is 7.01. The van der Waals surface area contributed by atoms with Gasteiger partial charge in [0, 0.05) is 13.6 Å². The molecule has 0 aromatic rings. The molecule has 18 heavy (non-hydrogen) atoms. The minimum Gasteiger partial charge on any atom is -0.466 e. The minimum absolute atomic E-state index is 0.139. The maximum Gasteiger partial charge on any atom is 0.315 e. The van der Waals surface area contributed by atoms with E-state index in [0.717, 1.165) is 19.4 Å². The standard InChI is InChI=1S/C14H27NO3/c1-4-6-7-8-9-10-11-15(3)13(16)12-14(17)18-5-2/h4-12H2,1-3H3. The molecule has 0 fully saturated rings. The van der Waals surface area contributed by atoms with Gasteiger partial charge in [0.25, 0.3) is 0 Å². The van der Waals surface area contributed by atoms with Crippen LogP contribution < -0.4 is 0 Å². The third-order valence-corrected chi connectivity index (χ3v) is 2.87. The van der Waals surface area contributed by atoms with Gasteiger partial charge in [0.1, 0.15) is 6.42 Å². The largest absolute Gasteiger partial charge is 0.466 e. The van der Waals surface area contributed by atoms with Crippen molar-refractivity contribution in [3.63, 3.8) is 0 Å². The normalized spacial score (nSPS) is 10.2. The average Bonchev–Trinajstić information content (AvgIpc) is 2.33. The molecule has 1 amide bonds. The fraction of sp³-hybridized carbons (Fsp3) is 0.857. The molecule has 0 aliphatic heterocycles. The van der Waals surface area contributed by atoms with Gasteiger partial charge in [0.2, 0.25) is 5.91 Å². The third kappa shape index (κ3) is 9.02. The Hall–Kier alpha value is -1.06. The summed E-state index contributed by atoms with van der Waals surface area (Å²) in [5.74, 6) is -0.584. The summed E-state index contributed by atoms with van der Waals surface area (Å²) in [4.78, 5) is 24.4. The van der Waals surface area contributed by atoms with E-state index in [2.05, 4.69) is 6.92 Å². The SMILES string of the molecule is CCCCCCCCN(C)C(=O)CC(=O)OCC. The predicted molar refractivity (Wildman–Crippen MR) is 72.3 cm³/mol. The molecule has 0 aliphatic carbocycles. The first kappa shape index (κ1) is 16.9. The molecule has 0 aliphatic rings. The molecule has 0 unspecified atom stereocenters. The van der Waals surface area contributed by atoms with Crippen LogP contribution in [0.15, 0.2) is 0 Å². The van der Waals surface area contributed by atoms with Crippen LogP contribution in [0.4, 0.5) is 0 Å². The summed E-state index contributed by atoms with van der Waals surface area (Å²) in [7, 11) is 1.74. The fourth-order valence-electron chi connectivity index (χ4n) is 1.72. The van der Waals surface area contributed by atoms with Gasteiger partial charge in [-0.2, -0.15) is 0 Å². The Bertz CT molecular complexity index is 241. The van der Waals surface area contributed by atoms with E-state index in [0.29, 0.717) is 6.61 Å². The summed E-state index contributed by atoms with van der Waals surface area (Å²) in [6.45, 7) is 4.99. The van der Waals surface area contributed by atoms with Crippen molar-refractivity contribution >= 4 is 11.9 Å². The zero-order valence-corrected chi connectivity index (χ0v) is 12.0. The number of esters is 1. The summed E-state index contributed by atoms with van der Waals surface area (Å²) in [5, 5.41) is 0. The van der Waals surface area contributed by atoms with Gasteiger partial charge in [-0.1, -0.05) is 39.0 Å². The maximum atomic E-state index is 11.6. The Kier molecular flexibility index (Phi) is 10.4. The van der Waals surface area contributed by atoms with Gasteiger partial charge in [0.05, 0.1) is 6.61 Å². The second-order valence-electron chi connectivity index (χ2n) is 4.56. The smallest absolute Gasteiger partial charge is 0.315 e. The first-order valence-corrected chi connectivity index (χ1v) is 7.01. The number of unbranched alkanes of at least 4 members (excludes halogenated alkanes) is 5. The van der Waals surface area contributed by atoms with E-state index in [1.165, 1.54) is 25.7 Å². The van der Waals surface area contributed by atoms with Crippen LogP contribution in [0.3, 0.4) is 0 Å². The van der Waals surface area contributed by atoms with Crippen LogP contribution >= 0.6 is 0 Å². The van der Waals surface area contributed by atoms with Crippen LogP contribution in [0.1, 0.15) is 58.8 Å². The number of hydrogen-bond acceptors (Lipinski definition) is 3. The van der Waals surface area contributed by atoms with Crippen molar-refractivity contribution < 1.29 is 14.3 Å². The van der Waals surface area contributed by atoms with E-state index in [9.17, 15) is 9.59 Å². The Balaban J connectivity index is 3.58. The van der Waals surface area contributed by atoms with Crippen LogP contribution in [0.5, 0.6) is 0 Å². The van der Waals surface area contributed by atoms with Gasteiger partial charge in [-0.3, -0.25) is 9.59 Å². The molecule has 0 heterocycles. The van der Waals surface area contributed by atoms with Crippen molar-refractivity contribution in [3.05, 3.63) is 0 Å². The number of amides is 1. The zero-order chi connectivity index (χ0) is 13.8. The summed E-state index contributed by atoms with van der Waals surface area (Å²) in [6.07, 6.45) is 7.06. The van der Waals surface area contributed by atoms with Crippen molar-refractivity contribution in [3.8, 4) is 0 Å². The number of hydrogen-bond donors (Lipinski definition) is 0. The molecule has 0 N–H and O–H groups in total. The predicted octanol–water partition coefficient (Wildman–Crippen LogP) is 2.76. The van der Waals surface area contributed by atoms with E-state index >= 15 is 0 Å². The van der Waals surface area contributed by atoms with Crippen molar-refractivity contribution in [2.24, 2.45) is 0 Å². The van der Waals surface area contributed by atoms with Gasteiger partial charge >= 0.3 is 5.97 Å². The molecular formula is C14H27NO3. The highest BCUT2D eigenvalue weighted by atomic mass is 16.5. The van der Waals surface area contributed by atoms with Crippen LogP contribution in [0.2, 0.25) is 0 Å². The van der Waals surface area contributed by atoms with Crippen LogP contribution in [0.25, 0.3) is 0 Å². The number of ether oxygens (including phenoxy) is 1. The summed E-state index contributed by atoms with van der Waals surface area (Å²) in [5.41, 5.74) is 0. The van der Waals surface area contributed by atoms with Crippen molar-refractivity contribution in [1.29, 1.82) is 0 Å². The average molecular weight is 257 g/mol. The number of rotatable bonds is 10. The fourth-order valence-corrected chi connectivity index (χ4v) is 1.72. The van der Waals surface area contributed by atoms with Gasteiger partial charge in [0.15, 0.2) is 0 Å². The Morgan fingerprint density at radius 1 is 1.00 bits per heavy atom. The van der Waals surface area contributed by atoms with E-state index in [-0.39, 0.29) is 12.3 Å². The number of carbonyl (C=O) groups is 2. The molecule has 0 saturated heterocycles.